The van der Waals surface area contributed by atoms with E-state index in [1.807, 2.05) is 20.8 Å². The molecule has 2 aromatic rings. The van der Waals surface area contributed by atoms with Crippen LogP contribution in [-0.2, 0) is 4.74 Å². The van der Waals surface area contributed by atoms with Gasteiger partial charge in [-0.2, -0.15) is 0 Å². The molecule has 0 amide bonds. The second-order valence-electron chi connectivity index (χ2n) is 5.82. The molecule has 1 aromatic heterocycles. The number of aldehydes is 1. The summed E-state index contributed by atoms with van der Waals surface area (Å²) in [7, 11) is 1.51. The Morgan fingerprint density at radius 2 is 1.95 bits per heavy atom. The highest BCUT2D eigenvalue weighted by Gasteiger charge is 2.20. The molecule has 0 unspecified atom stereocenters. The molecule has 0 spiro atoms. The van der Waals surface area contributed by atoms with Gasteiger partial charge in [0.2, 0.25) is 0 Å². The molecule has 116 valence electrons. The van der Waals surface area contributed by atoms with Crippen molar-refractivity contribution in [3.8, 4) is 17.0 Å². The van der Waals surface area contributed by atoms with E-state index in [1.54, 1.807) is 36.5 Å². The molecule has 0 bridgehead atoms. The van der Waals surface area contributed by atoms with E-state index in [-0.39, 0.29) is 0 Å². The minimum atomic E-state index is -0.577. The van der Waals surface area contributed by atoms with Crippen molar-refractivity contribution in [3.05, 3.63) is 42.1 Å². The zero-order valence-corrected chi connectivity index (χ0v) is 13.1. The van der Waals surface area contributed by atoms with Gasteiger partial charge in [-0.25, -0.2) is 4.79 Å². The van der Waals surface area contributed by atoms with Crippen LogP contribution in [0.25, 0.3) is 11.3 Å². The zero-order chi connectivity index (χ0) is 16.3. The monoisotopic (exact) mass is 301 g/mol. The topological polar surface area (TPSA) is 57.5 Å². The molecule has 0 radical (unpaired) electrons. The molecular formula is C17H19NO4. The van der Waals surface area contributed by atoms with Gasteiger partial charge in [-0.1, -0.05) is 0 Å². The average molecular weight is 301 g/mol. The van der Waals surface area contributed by atoms with Crippen LogP contribution in [0, 0.1) is 0 Å². The van der Waals surface area contributed by atoms with Gasteiger partial charge in [-0.15, -0.1) is 0 Å². The minimum absolute atomic E-state index is 0.428. The van der Waals surface area contributed by atoms with Crippen LogP contribution in [0.15, 0.2) is 36.5 Å². The first-order valence-electron chi connectivity index (χ1n) is 6.90. The number of methoxy groups -OCH3 is 1. The fourth-order valence-corrected chi connectivity index (χ4v) is 2.07. The number of aromatic nitrogens is 1. The van der Waals surface area contributed by atoms with Crippen molar-refractivity contribution in [2.75, 3.05) is 7.11 Å². The minimum Gasteiger partial charge on any atom is -0.496 e. The van der Waals surface area contributed by atoms with Crippen LogP contribution >= 0.6 is 0 Å². The van der Waals surface area contributed by atoms with Gasteiger partial charge in [0.15, 0.2) is 6.29 Å². The third kappa shape index (κ3) is 3.36. The molecule has 1 heterocycles. The molecule has 5 heteroatoms. The first kappa shape index (κ1) is 15.8. The van der Waals surface area contributed by atoms with Crippen LogP contribution in [0.4, 0.5) is 4.79 Å². The van der Waals surface area contributed by atoms with Crippen molar-refractivity contribution in [1.82, 2.24) is 4.57 Å². The predicted octanol–water partition coefficient (Wildman–Crippen LogP) is 3.76. The Kier molecular flexibility index (Phi) is 4.35. The quantitative estimate of drug-likeness (QED) is 0.810. The van der Waals surface area contributed by atoms with Gasteiger partial charge in [0.1, 0.15) is 11.4 Å². The summed E-state index contributed by atoms with van der Waals surface area (Å²) < 4.78 is 11.9. The Morgan fingerprint density at radius 1 is 1.23 bits per heavy atom. The molecule has 22 heavy (non-hydrogen) atoms. The number of nitrogens with zero attached hydrogens (tertiary/aromatic N) is 1. The van der Waals surface area contributed by atoms with Gasteiger partial charge in [0.25, 0.3) is 0 Å². The standard InChI is InChI=1S/C17H19NO4/c1-17(2,3)22-16(20)18-9-5-6-14(18)12-7-8-15(21-4)13(10-12)11-19/h5-11H,1-4H3. The Balaban J connectivity index is 2.41. The van der Waals surface area contributed by atoms with E-state index >= 15 is 0 Å². The van der Waals surface area contributed by atoms with E-state index < -0.39 is 11.7 Å². The van der Waals surface area contributed by atoms with E-state index in [0.29, 0.717) is 17.0 Å². The summed E-state index contributed by atoms with van der Waals surface area (Å²) in [5, 5.41) is 0. The summed E-state index contributed by atoms with van der Waals surface area (Å²) >= 11 is 0. The van der Waals surface area contributed by atoms with Crippen LogP contribution in [0.1, 0.15) is 31.1 Å². The maximum atomic E-state index is 12.2. The molecule has 0 aliphatic rings. The molecule has 0 saturated heterocycles. The zero-order valence-electron chi connectivity index (χ0n) is 13.1. The summed E-state index contributed by atoms with van der Waals surface area (Å²) in [5.74, 6) is 0.495. The Bertz CT molecular complexity index is 695. The number of rotatable bonds is 3. The van der Waals surface area contributed by atoms with Crippen LogP contribution in [-0.4, -0.2) is 29.7 Å². The molecule has 0 aliphatic heterocycles. The molecule has 0 saturated carbocycles. The van der Waals surface area contributed by atoms with Gasteiger partial charge in [0.05, 0.1) is 18.4 Å². The van der Waals surface area contributed by atoms with Crippen molar-refractivity contribution in [2.45, 2.75) is 26.4 Å². The predicted molar refractivity (Wildman–Crippen MR) is 83.4 cm³/mol. The van der Waals surface area contributed by atoms with E-state index in [4.69, 9.17) is 9.47 Å². The molecule has 0 aliphatic carbocycles. The van der Waals surface area contributed by atoms with E-state index in [9.17, 15) is 9.59 Å². The van der Waals surface area contributed by atoms with Gasteiger partial charge in [-0.05, 0) is 56.7 Å². The summed E-state index contributed by atoms with van der Waals surface area (Å²) in [6, 6.07) is 8.72. The van der Waals surface area contributed by atoms with Crippen molar-refractivity contribution in [2.24, 2.45) is 0 Å². The molecule has 5 nitrogen and oxygen atoms in total. The lowest BCUT2D eigenvalue weighted by molar-refractivity contribution is 0.0540. The Labute approximate surface area is 129 Å². The van der Waals surface area contributed by atoms with Gasteiger partial charge < -0.3 is 9.47 Å². The van der Waals surface area contributed by atoms with Crippen molar-refractivity contribution >= 4 is 12.4 Å². The lowest BCUT2D eigenvalue weighted by Crippen LogP contribution is -2.27. The van der Waals surface area contributed by atoms with Crippen LogP contribution in [0.2, 0.25) is 0 Å². The second kappa shape index (κ2) is 6.05. The number of hydrogen-bond donors (Lipinski definition) is 0. The number of carbonyl (C=O) groups is 2. The van der Waals surface area contributed by atoms with Gasteiger partial charge in [0, 0.05) is 6.20 Å². The maximum Gasteiger partial charge on any atom is 0.418 e. The SMILES string of the molecule is COc1ccc(-c2cccn2C(=O)OC(C)(C)C)cc1C=O. The largest absolute Gasteiger partial charge is 0.496 e. The van der Waals surface area contributed by atoms with Crippen LogP contribution in [0.3, 0.4) is 0 Å². The summed E-state index contributed by atoms with van der Waals surface area (Å²) in [5.41, 5.74) is 1.24. The van der Waals surface area contributed by atoms with E-state index in [2.05, 4.69) is 0 Å². The number of hydrogen-bond acceptors (Lipinski definition) is 4. The van der Waals surface area contributed by atoms with Crippen molar-refractivity contribution in [3.63, 3.8) is 0 Å². The maximum absolute atomic E-state index is 12.2. The number of carbonyl (C=O) groups excluding carboxylic acids is 2. The van der Waals surface area contributed by atoms with Crippen molar-refractivity contribution in [1.29, 1.82) is 0 Å². The lowest BCUT2D eigenvalue weighted by atomic mass is 10.1. The van der Waals surface area contributed by atoms with E-state index in [1.165, 1.54) is 11.7 Å². The molecular weight excluding hydrogens is 282 g/mol. The summed E-state index contributed by atoms with van der Waals surface area (Å²) in [6.07, 6.45) is 1.90. The summed E-state index contributed by atoms with van der Waals surface area (Å²) in [4.78, 5) is 23.4. The normalized spacial score (nSPS) is 11.1. The van der Waals surface area contributed by atoms with Gasteiger partial charge >= 0.3 is 6.09 Å². The highest BCUT2D eigenvalue weighted by Crippen LogP contribution is 2.26. The molecule has 1 aromatic carbocycles. The first-order valence-corrected chi connectivity index (χ1v) is 6.90. The van der Waals surface area contributed by atoms with Crippen molar-refractivity contribution < 1.29 is 19.1 Å². The number of ether oxygens (including phenoxy) is 2. The Morgan fingerprint density at radius 3 is 2.55 bits per heavy atom. The highest BCUT2D eigenvalue weighted by molar-refractivity contribution is 5.84. The molecule has 0 fully saturated rings. The van der Waals surface area contributed by atoms with Crippen LogP contribution < -0.4 is 4.74 Å². The van der Waals surface area contributed by atoms with Crippen LogP contribution in [0.5, 0.6) is 5.75 Å². The summed E-state index contributed by atoms with van der Waals surface area (Å²) in [6.45, 7) is 5.43. The lowest BCUT2D eigenvalue weighted by Gasteiger charge is -2.20. The average Bonchev–Trinajstić information content (AvgIpc) is 2.94. The number of benzene rings is 1. The molecule has 0 N–H and O–H groups in total. The fraction of sp³-hybridized carbons (Fsp3) is 0.294. The molecule has 2 rings (SSSR count). The third-order valence-corrected chi connectivity index (χ3v) is 2.99. The Hall–Kier alpha value is -2.56. The third-order valence-electron chi connectivity index (χ3n) is 2.99. The second-order valence-corrected chi connectivity index (χ2v) is 5.82. The smallest absolute Gasteiger partial charge is 0.418 e. The first-order chi connectivity index (χ1) is 10.4. The van der Waals surface area contributed by atoms with E-state index in [0.717, 1.165) is 11.8 Å². The van der Waals surface area contributed by atoms with Gasteiger partial charge in [-0.3, -0.25) is 9.36 Å². The fourth-order valence-electron chi connectivity index (χ4n) is 2.07. The highest BCUT2D eigenvalue weighted by atomic mass is 16.6. The molecule has 0 atom stereocenters.